The van der Waals surface area contributed by atoms with Crippen molar-refractivity contribution in [2.75, 3.05) is 45.7 Å². The van der Waals surface area contributed by atoms with Gasteiger partial charge in [-0.05, 0) is 39.4 Å². The number of nitrogens with one attached hydrogen (secondary N) is 1. The van der Waals surface area contributed by atoms with Crippen LogP contribution in [0.3, 0.4) is 0 Å². The summed E-state index contributed by atoms with van der Waals surface area (Å²) in [5.41, 5.74) is 0. The van der Waals surface area contributed by atoms with Crippen molar-refractivity contribution in [3.63, 3.8) is 0 Å². The number of thioether (sulfide) groups is 1. The summed E-state index contributed by atoms with van der Waals surface area (Å²) in [7, 11) is 6.26. The van der Waals surface area contributed by atoms with Gasteiger partial charge >= 0.3 is 0 Å². The van der Waals surface area contributed by atoms with E-state index < -0.39 is 0 Å². The van der Waals surface area contributed by atoms with E-state index in [1.54, 1.807) is 0 Å². The number of hydrogen-bond donors (Lipinski definition) is 1. The van der Waals surface area contributed by atoms with Crippen LogP contribution in [0.1, 0.15) is 6.92 Å². The molecule has 0 radical (unpaired) electrons. The van der Waals surface area contributed by atoms with Gasteiger partial charge in [0.05, 0.1) is 0 Å². The quantitative estimate of drug-likeness (QED) is 0.606. The van der Waals surface area contributed by atoms with Crippen LogP contribution in [0.2, 0.25) is 0 Å². The highest BCUT2D eigenvalue weighted by Gasteiger charge is 1.99. The molecule has 1 unspecified atom stereocenters. The summed E-state index contributed by atoms with van der Waals surface area (Å²) >= 11 is 2.05. The summed E-state index contributed by atoms with van der Waals surface area (Å²) in [5.74, 6) is 3.32. The molecule has 2 nitrogen and oxygen atoms in total. The average Bonchev–Trinajstić information content (AvgIpc) is 1.98. The van der Waals surface area contributed by atoms with Crippen LogP contribution in [-0.2, 0) is 0 Å². The Morgan fingerprint density at radius 2 is 2.08 bits per heavy atom. The lowest BCUT2D eigenvalue weighted by molar-refractivity contribution is 0.437. The highest BCUT2D eigenvalue weighted by Crippen LogP contribution is 2.06. The van der Waals surface area contributed by atoms with Crippen molar-refractivity contribution in [1.29, 1.82) is 0 Å². The largest absolute Gasteiger partial charge is 0.319 e. The molecule has 0 bridgehead atoms. The van der Waals surface area contributed by atoms with Crippen molar-refractivity contribution >= 4 is 11.8 Å². The van der Waals surface area contributed by atoms with E-state index in [4.69, 9.17) is 0 Å². The minimum Gasteiger partial charge on any atom is -0.319 e. The lowest BCUT2D eigenvalue weighted by Gasteiger charge is -2.12. The van der Waals surface area contributed by atoms with Crippen molar-refractivity contribution in [3.8, 4) is 0 Å². The summed E-state index contributed by atoms with van der Waals surface area (Å²) < 4.78 is 0. The molecule has 0 aliphatic heterocycles. The SMILES string of the molecule is CNCC(C)CSCCN(C)C. The zero-order chi connectivity index (χ0) is 9.40. The Kier molecular flexibility index (Phi) is 8.07. The topological polar surface area (TPSA) is 15.3 Å². The summed E-state index contributed by atoms with van der Waals surface area (Å²) in [6.07, 6.45) is 0. The van der Waals surface area contributed by atoms with E-state index in [2.05, 4.69) is 31.2 Å². The minimum atomic E-state index is 0.794. The maximum atomic E-state index is 3.19. The Balaban J connectivity index is 3.08. The fourth-order valence-electron chi connectivity index (χ4n) is 0.939. The Morgan fingerprint density at radius 3 is 2.58 bits per heavy atom. The summed E-state index contributed by atoms with van der Waals surface area (Å²) in [6.45, 7) is 4.62. The maximum Gasteiger partial charge on any atom is 0.00662 e. The van der Waals surface area contributed by atoms with E-state index in [1.165, 1.54) is 18.1 Å². The van der Waals surface area contributed by atoms with Crippen LogP contribution in [0, 0.1) is 5.92 Å². The first-order valence-electron chi connectivity index (χ1n) is 4.54. The van der Waals surface area contributed by atoms with Crippen molar-refractivity contribution < 1.29 is 0 Å². The van der Waals surface area contributed by atoms with Gasteiger partial charge in [0.25, 0.3) is 0 Å². The molecular weight excluding hydrogens is 168 g/mol. The Labute approximate surface area is 81.1 Å². The molecule has 0 aromatic rings. The van der Waals surface area contributed by atoms with E-state index in [9.17, 15) is 0 Å². The second-order valence-electron chi connectivity index (χ2n) is 3.54. The third kappa shape index (κ3) is 8.37. The molecule has 0 heterocycles. The molecule has 0 amide bonds. The van der Waals surface area contributed by atoms with Crippen LogP contribution in [0.25, 0.3) is 0 Å². The molecule has 0 spiro atoms. The zero-order valence-corrected chi connectivity index (χ0v) is 9.58. The molecule has 0 aliphatic carbocycles. The molecule has 1 atom stereocenters. The van der Waals surface area contributed by atoms with Crippen LogP contribution in [0.5, 0.6) is 0 Å². The number of hydrogen-bond acceptors (Lipinski definition) is 3. The summed E-state index contributed by atoms with van der Waals surface area (Å²) in [5, 5.41) is 3.19. The zero-order valence-electron chi connectivity index (χ0n) is 8.76. The van der Waals surface area contributed by atoms with Crippen LogP contribution in [-0.4, -0.2) is 50.6 Å². The first-order valence-corrected chi connectivity index (χ1v) is 5.69. The van der Waals surface area contributed by atoms with Crippen LogP contribution >= 0.6 is 11.8 Å². The van der Waals surface area contributed by atoms with Crippen LogP contribution < -0.4 is 5.32 Å². The van der Waals surface area contributed by atoms with Crippen LogP contribution in [0.15, 0.2) is 0 Å². The molecule has 74 valence electrons. The summed E-state index contributed by atoms with van der Waals surface area (Å²) in [6, 6.07) is 0. The fraction of sp³-hybridized carbons (Fsp3) is 1.00. The van der Waals surface area contributed by atoms with Gasteiger partial charge in [-0.15, -0.1) is 0 Å². The van der Waals surface area contributed by atoms with E-state index in [1.807, 2.05) is 18.8 Å². The van der Waals surface area contributed by atoms with E-state index >= 15 is 0 Å². The Morgan fingerprint density at radius 1 is 1.42 bits per heavy atom. The molecule has 3 heteroatoms. The van der Waals surface area contributed by atoms with Crippen molar-refractivity contribution in [2.24, 2.45) is 5.92 Å². The van der Waals surface area contributed by atoms with Gasteiger partial charge < -0.3 is 10.2 Å². The van der Waals surface area contributed by atoms with Crippen molar-refractivity contribution in [2.45, 2.75) is 6.92 Å². The van der Waals surface area contributed by atoms with Gasteiger partial charge in [0.15, 0.2) is 0 Å². The predicted molar refractivity (Wildman–Crippen MR) is 59.0 cm³/mol. The third-order valence-corrected chi connectivity index (χ3v) is 2.91. The summed E-state index contributed by atoms with van der Waals surface area (Å²) in [4.78, 5) is 2.23. The fourth-order valence-corrected chi connectivity index (χ4v) is 2.12. The molecule has 1 N–H and O–H groups in total. The maximum absolute atomic E-state index is 3.19. The molecule has 0 saturated heterocycles. The van der Waals surface area contributed by atoms with Gasteiger partial charge in [0.1, 0.15) is 0 Å². The molecule has 0 aromatic carbocycles. The van der Waals surface area contributed by atoms with Gasteiger partial charge in [-0.1, -0.05) is 6.92 Å². The molecule has 0 aromatic heterocycles. The lowest BCUT2D eigenvalue weighted by atomic mass is 10.2. The average molecular weight is 190 g/mol. The number of nitrogens with zero attached hydrogens (tertiary/aromatic N) is 1. The standard InChI is InChI=1S/C9H22N2S/c1-9(7-10-2)8-12-6-5-11(3)4/h9-10H,5-8H2,1-4H3. The monoisotopic (exact) mass is 190 g/mol. The van der Waals surface area contributed by atoms with Gasteiger partial charge in [-0.3, -0.25) is 0 Å². The second kappa shape index (κ2) is 7.90. The van der Waals surface area contributed by atoms with Gasteiger partial charge in [0.2, 0.25) is 0 Å². The van der Waals surface area contributed by atoms with E-state index in [0.29, 0.717) is 0 Å². The van der Waals surface area contributed by atoms with Crippen LogP contribution in [0.4, 0.5) is 0 Å². The number of rotatable bonds is 7. The van der Waals surface area contributed by atoms with E-state index in [-0.39, 0.29) is 0 Å². The minimum absolute atomic E-state index is 0.794. The molecule has 0 saturated carbocycles. The Hall–Kier alpha value is 0.270. The van der Waals surface area contributed by atoms with Gasteiger partial charge in [-0.25, -0.2) is 0 Å². The molecular formula is C9H22N2S. The van der Waals surface area contributed by atoms with E-state index in [0.717, 1.165) is 12.5 Å². The Bertz CT molecular complexity index is 96.5. The predicted octanol–water partition coefficient (Wildman–Crippen LogP) is 1.14. The van der Waals surface area contributed by atoms with Crippen molar-refractivity contribution in [1.82, 2.24) is 10.2 Å². The lowest BCUT2D eigenvalue weighted by Crippen LogP contribution is -2.19. The first kappa shape index (κ1) is 12.3. The third-order valence-electron chi connectivity index (χ3n) is 1.64. The molecule has 0 aliphatic rings. The van der Waals surface area contributed by atoms with Gasteiger partial charge in [-0.2, -0.15) is 11.8 Å². The first-order chi connectivity index (χ1) is 5.66. The highest BCUT2D eigenvalue weighted by atomic mass is 32.2. The molecule has 12 heavy (non-hydrogen) atoms. The van der Waals surface area contributed by atoms with Crippen molar-refractivity contribution in [3.05, 3.63) is 0 Å². The normalized spacial score (nSPS) is 13.8. The van der Waals surface area contributed by atoms with Gasteiger partial charge in [0, 0.05) is 12.3 Å². The molecule has 0 rings (SSSR count). The molecule has 0 fully saturated rings. The highest BCUT2D eigenvalue weighted by molar-refractivity contribution is 7.99. The second-order valence-corrected chi connectivity index (χ2v) is 4.69. The smallest absolute Gasteiger partial charge is 0.00662 e.